The number of para-hydroxylation sites is 1. The second kappa shape index (κ2) is 7.66. The lowest BCUT2D eigenvalue weighted by atomic mass is 10.2. The largest absolute Gasteiger partial charge is 0.362 e. The third-order valence-corrected chi connectivity index (χ3v) is 4.21. The summed E-state index contributed by atoms with van der Waals surface area (Å²) in [4.78, 5) is 25.6. The quantitative estimate of drug-likeness (QED) is 0.797. The van der Waals surface area contributed by atoms with Crippen LogP contribution in [-0.4, -0.2) is 24.9 Å². The van der Waals surface area contributed by atoms with E-state index in [4.69, 9.17) is 0 Å². The van der Waals surface area contributed by atoms with Crippen LogP contribution < -0.4 is 15.5 Å². The molecule has 5 nitrogen and oxygen atoms in total. The van der Waals surface area contributed by atoms with E-state index in [0.29, 0.717) is 13.1 Å². The average molecular weight is 335 g/mol. The maximum atomic E-state index is 12.3. The van der Waals surface area contributed by atoms with Crippen molar-refractivity contribution in [2.75, 3.05) is 23.3 Å². The molecule has 0 spiro atoms. The summed E-state index contributed by atoms with van der Waals surface area (Å²) in [6.45, 7) is 5.06. The van der Waals surface area contributed by atoms with Gasteiger partial charge in [0.1, 0.15) is 0 Å². The Labute approximate surface area is 147 Å². The maximum Gasteiger partial charge on any atom is 0.243 e. The molecule has 0 unspecified atom stereocenters. The molecule has 0 bridgehead atoms. The highest BCUT2D eigenvalue weighted by molar-refractivity contribution is 5.94. The van der Waals surface area contributed by atoms with Gasteiger partial charge < -0.3 is 15.5 Å². The molecule has 2 aromatic carbocycles. The molecule has 0 fully saturated rings. The molecule has 2 amide bonds. The minimum atomic E-state index is -0.205. The molecule has 2 aromatic rings. The maximum absolute atomic E-state index is 12.3. The Kier molecular flexibility index (Phi) is 5.14. The van der Waals surface area contributed by atoms with Gasteiger partial charge in [-0.15, -0.1) is 0 Å². The topological polar surface area (TPSA) is 61.4 Å². The van der Waals surface area contributed by atoms with E-state index in [-0.39, 0.29) is 11.8 Å². The number of amides is 2. The monoisotopic (exact) mass is 335 g/mol. The van der Waals surface area contributed by atoms with Crippen LogP contribution in [0.5, 0.6) is 0 Å². The molecule has 0 atom stereocenters. The van der Waals surface area contributed by atoms with Crippen LogP contribution in [0.25, 0.3) is 0 Å². The standard InChI is InChI=1S/C20H21N3O2/c1-2-19(24)21-13-15-7-9-17(10-8-15)22-20(25)14-23-12-11-16-5-3-4-6-18(16)23/h2-10H,1,11-14H2,(H,21,24)(H,22,25). The van der Waals surface area contributed by atoms with E-state index < -0.39 is 0 Å². The fourth-order valence-corrected chi connectivity index (χ4v) is 2.91. The van der Waals surface area contributed by atoms with Gasteiger partial charge in [0.2, 0.25) is 11.8 Å². The van der Waals surface area contributed by atoms with E-state index in [1.165, 1.54) is 11.6 Å². The third-order valence-electron chi connectivity index (χ3n) is 4.21. The normalized spacial score (nSPS) is 12.4. The van der Waals surface area contributed by atoms with E-state index in [0.717, 1.165) is 29.9 Å². The lowest BCUT2D eigenvalue weighted by molar-refractivity contribution is -0.116. The molecule has 0 aliphatic carbocycles. The Balaban J connectivity index is 1.53. The fraction of sp³-hybridized carbons (Fsp3) is 0.200. The molecule has 1 heterocycles. The van der Waals surface area contributed by atoms with Crippen LogP contribution in [0.15, 0.2) is 61.2 Å². The van der Waals surface area contributed by atoms with Crippen molar-refractivity contribution in [3.05, 3.63) is 72.3 Å². The zero-order valence-electron chi connectivity index (χ0n) is 14.0. The number of benzene rings is 2. The number of hydrogen-bond acceptors (Lipinski definition) is 3. The van der Waals surface area contributed by atoms with E-state index in [1.807, 2.05) is 36.4 Å². The van der Waals surface area contributed by atoms with Gasteiger partial charge in [-0.05, 0) is 41.8 Å². The SMILES string of the molecule is C=CC(=O)NCc1ccc(NC(=O)CN2CCc3ccccc32)cc1. The minimum absolute atomic E-state index is 0.0376. The van der Waals surface area contributed by atoms with Gasteiger partial charge in [0.15, 0.2) is 0 Å². The molecular formula is C20H21N3O2. The van der Waals surface area contributed by atoms with Gasteiger partial charge in [-0.25, -0.2) is 0 Å². The van der Waals surface area contributed by atoms with E-state index in [9.17, 15) is 9.59 Å². The summed E-state index contributed by atoms with van der Waals surface area (Å²) >= 11 is 0. The smallest absolute Gasteiger partial charge is 0.243 e. The Bertz CT molecular complexity index is 784. The predicted octanol–water partition coefficient (Wildman–Crippen LogP) is 2.49. The molecule has 1 aliphatic heterocycles. The number of fused-ring (bicyclic) bond motifs is 1. The van der Waals surface area contributed by atoms with Gasteiger partial charge >= 0.3 is 0 Å². The molecule has 25 heavy (non-hydrogen) atoms. The number of nitrogens with one attached hydrogen (secondary N) is 2. The lowest BCUT2D eigenvalue weighted by Crippen LogP contribution is -2.31. The third kappa shape index (κ3) is 4.26. The summed E-state index contributed by atoms with van der Waals surface area (Å²) in [6.07, 6.45) is 2.22. The van der Waals surface area contributed by atoms with Crippen LogP contribution in [0.3, 0.4) is 0 Å². The number of hydrogen-bond donors (Lipinski definition) is 2. The number of anilines is 2. The molecule has 3 rings (SSSR count). The van der Waals surface area contributed by atoms with Crippen molar-refractivity contribution in [3.8, 4) is 0 Å². The zero-order chi connectivity index (χ0) is 17.6. The summed E-state index contributed by atoms with van der Waals surface area (Å²) in [5.41, 5.74) is 4.14. The van der Waals surface area contributed by atoms with Crippen LogP contribution in [0, 0.1) is 0 Å². The highest BCUT2D eigenvalue weighted by atomic mass is 16.2. The van der Waals surface area contributed by atoms with Crippen molar-refractivity contribution in [2.45, 2.75) is 13.0 Å². The van der Waals surface area contributed by atoms with Crippen LogP contribution >= 0.6 is 0 Å². The van der Waals surface area contributed by atoms with Crippen LogP contribution in [0.2, 0.25) is 0 Å². The number of carbonyl (C=O) groups is 2. The highest BCUT2D eigenvalue weighted by Gasteiger charge is 2.20. The van der Waals surface area contributed by atoms with Gasteiger partial charge in [0.05, 0.1) is 6.54 Å². The van der Waals surface area contributed by atoms with Crippen LogP contribution in [0.1, 0.15) is 11.1 Å². The molecule has 0 aromatic heterocycles. The molecule has 0 radical (unpaired) electrons. The molecule has 1 aliphatic rings. The average Bonchev–Trinajstić information content (AvgIpc) is 3.04. The number of carbonyl (C=O) groups excluding carboxylic acids is 2. The molecule has 128 valence electrons. The van der Waals surface area contributed by atoms with Crippen molar-refractivity contribution in [1.82, 2.24) is 5.32 Å². The van der Waals surface area contributed by atoms with Gasteiger partial charge in [-0.1, -0.05) is 36.9 Å². The first-order chi connectivity index (χ1) is 12.2. The first-order valence-corrected chi connectivity index (χ1v) is 8.27. The van der Waals surface area contributed by atoms with Crippen LogP contribution in [0.4, 0.5) is 11.4 Å². The van der Waals surface area contributed by atoms with Crippen molar-refractivity contribution < 1.29 is 9.59 Å². The van der Waals surface area contributed by atoms with Gasteiger partial charge in [-0.3, -0.25) is 9.59 Å². The zero-order valence-corrected chi connectivity index (χ0v) is 14.0. The summed E-state index contributed by atoms with van der Waals surface area (Å²) in [5.74, 6) is -0.243. The Morgan fingerprint density at radius 1 is 1.12 bits per heavy atom. The minimum Gasteiger partial charge on any atom is -0.362 e. The summed E-state index contributed by atoms with van der Waals surface area (Å²) in [6, 6.07) is 15.6. The van der Waals surface area contributed by atoms with Crippen molar-refractivity contribution in [2.24, 2.45) is 0 Å². The van der Waals surface area contributed by atoms with E-state index >= 15 is 0 Å². The number of nitrogens with zero attached hydrogens (tertiary/aromatic N) is 1. The van der Waals surface area contributed by atoms with Crippen LogP contribution in [-0.2, 0) is 22.6 Å². The van der Waals surface area contributed by atoms with Crippen molar-refractivity contribution >= 4 is 23.2 Å². The van der Waals surface area contributed by atoms with Gasteiger partial charge in [0.25, 0.3) is 0 Å². The van der Waals surface area contributed by atoms with Crippen molar-refractivity contribution in [1.29, 1.82) is 0 Å². The fourth-order valence-electron chi connectivity index (χ4n) is 2.91. The highest BCUT2D eigenvalue weighted by Crippen LogP contribution is 2.26. The second-order valence-corrected chi connectivity index (χ2v) is 5.97. The molecule has 2 N–H and O–H groups in total. The second-order valence-electron chi connectivity index (χ2n) is 5.97. The number of rotatable bonds is 6. The summed E-state index contributed by atoms with van der Waals surface area (Å²) in [7, 11) is 0. The van der Waals surface area contributed by atoms with E-state index in [2.05, 4.69) is 34.2 Å². The first-order valence-electron chi connectivity index (χ1n) is 8.27. The first kappa shape index (κ1) is 16.8. The summed E-state index contributed by atoms with van der Waals surface area (Å²) in [5, 5.41) is 5.63. The van der Waals surface area contributed by atoms with Gasteiger partial charge in [0, 0.05) is 24.5 Å². The molecule has 5 heteroatoms. The Morgan fingerprint density at radius 2 is 1.88 bits per heavy atom. The lowest BCUT2D eigenvalue weighted by Gasteiger charge is -2.18. The summed E-state index contributed by atoms with van der Waals surface area (Å²) < 4.78 is 0. The van der Waals surface area contributed by atoms with Crippen molar-refractivity contribution in [3.63, 3.8) is 0 Å². The Morgan fingerprint density at radius 3 is 2.64 bits per heavy atom. The Hall–Kier alpha value is -3.08. The molecular weight excluding hydrogens is 314 g/mol. The van der Waals surface area contributed by atoms with Gasteiger partial charge in [-0.2, -0.15) is 0 Å². The predicted molar refractivity (Wildman–Crippen MR) is 99.5 cm³/mol. The molecule has 0 saturated heterocycles. The molecule has 0 saturated carbocycles. The van der Waals surface area contributed by atoms with E-state index in [1.54, 1.807) is 0 Å².